The third kappa shape index (κ3) is 7.11. The van der Waals surface area contributed by atoms with Gasteiger partial charge in [0, 0.05) is 42.1 Å². The lowest BCUT2D eigenvalue weighted by Crippen LogP contribution is -2.31. The number of anilines is 3. The first kappa shape index (κ1) is 23.3. The van der Waals surface area contributed by atoms with Crippen LogP contribution in [-0.2, 0) is 9.59 Å². The van der Waals surface area contributed by atoms with E-state index in [4.69, 9.17) is 0 Å². The number of nitrogens with zero attached hydrogens (tertiary/aromatic N) is 1. The summed E-state index contributed by atoms with van der Waals surface area (Å²) in [4.78, 5) is 38.7. The van der Waals surface area contributed by atoms with Crippen LogP contribution in [0.4, 0.5) is 17.1 Å². The highest BCUT2D eigenvalue weighted by Crippen LogP contribution is 2.17. The zero-order chi connectivity index (χ0) is 22.8. The minimum Gasteiger partial charge on any atom is -0.376 e. The number of amides is 3. The van der Waals surface area contributed by atoms with E-state index in [1.807, 2.05) is 24.0 Å². The number of rotatable bonds is 8. The molecule has 32 heavy (non-hydrogen) atoms. The quantitative estimate of drug-likeness (QED) is 0.569. The molecule has 0 atom stereocenters. The van der Waals surface area contributed by atoms with Crippen molar-refractivity contribution in [1.82, 2.24) is 4.90 Å². The molecule has 0 radical (unpaired) electrons. The number of benzene rings is 2. The van der Waals surface area contributed by atoms with Crippen LogP contribution in [-0.4, -0.2) is 42.3 Å². The van der Waals surface area contributed by atoms with Gasteiger partial charge in [-0.15, -0.1) is 0 Å². The highest BCUT2D eigenvalue weighted by molar-refractivity contribution is 5.96. The molecule has 0 unspecified atom stereocenters. The third-order valence-corrected chi connectivity index (χ3v) is 5.39. The topological polar surface area (TPSA) is 90.5 Å². The predicted molar refractivity (Wildman–Crippen MR) is 128 cm³/mol. The van der Waals surface area contributed by atoms with Gasteiger partial charge in [-0.05, 0) is 61.7 Å². The van der Waals surface area contributed by atoms with Crippen LogP contribution in [0.1, 0.15) is 55.8 Å². The van der Waals surface area contributed by atoms with E-state index >= 15 is 0 Å². The van der Waals surface area contributed by atoms with Gasteiger partial charge in [-0.25, -0.2) is 0 Å². The average molecular weight is 437 g/mol. The fourth-order valence-corrected chi connectivity index (χ4v) is 3.70. The molecule has 0 bridgehead atoms. The molecule has 0 aromatic heterocycles. The first-order chi connectivity index (χ1) is 15.5. The van der Waals surface area contributed by atoms with Crippen molar-refractivity contribution in [1.29, 1.82) is 0 Å². The molecule has 170 valence electrons. The van der Waals surface area contributed by atoms with E-state index in [1.54, 1.807) is 36.4 Å². The fraction of sp³-hybridized carbons (Fsp3) is 0.400. The van der Waals surface area contributed by atoms with Gasteiger partial charge < -0.3 is 20.9 Å². The largest absolute Gasteiger partial charge is 0.376 e. The third-order valence-electron chi connectivity index (χ3n) is 5.39. The fourth-order valence-electron chi connectivity index (χ4n) is 3.70. The van der Waals surface area contributed by atoms with Gasteiger partial charge in [-0.3, -0.25) is 14.4 Å². The van der Waals surface area contributed by atoms with Crippen molar-refractivity contribution in [2.75, 3.05) is 35.6 Å². The summed E-state index contributed by atoms with van der Waals surface area (Å²) in [7, 11) is 0. The van der Waals surface area contributed by atoms with Crippen molar-refractivity contribution >= 4 is 34.8 Å². The van der Waals surface area contributed by atoms with E-state index in [1.165, 1.54) is 12.8 Å². The number of carbonyl (C=O) groups excluding carboxylic acids is 3. The van der Waals surface area contributed by atoms with Crippen LogP contribution in [0.15, 0.2) is 48.5 Å². The highest BCUT2D eigenvalue weighted by Gasteiger charge is 2.17. The first-order valence-electron chi connectivity index (χ1n) is 11.4. The smallest absolute Gasteiger partial charge is 0.253 e. The highest BCUT2D eigenvalue weighted by atomic mass is 16.2. The molecule has 2 aromatic rings. The van der Waals surface area contributed by atoms with Crippen LogP contribution in [0.2, 0.25) is 0 Å². The zero-order valence-electron chi connectivity index (χ0n) is 18.7. The number of carbonyl (C=O) groups is 3. The molecule has 3 N–H and O–H groups in total. The lowest BCUT2D eigenvalue weighted by Gasteiger charge is -2.20. The Labute approximate surface area is 189 Å². The lowest BCUT2D eigenvalue weighted by atomic mass is 10.1. The summed E-state index contributed by atoms with van der Waals surface area (Å²) in [6, 6.07) is 14.3. The number of hydrogen-bond donors (Lipinski definition) is 3. The van der Waals surface area contributed by atoms with E-state index in [-0.39, 0.29) is 24.3 Å². The molecule has 1 heterocycles. The van der Waals surface area contributed by atoms with Crippen molar-refractivity contribution in [3.8, 4) is 0 Å². The molecular formula is C25H32N4O3. The number of hydrogen-bond acceptors (Lipinski definition) is 4. The molecule has 7 nitrogen and oxygen atoms in total. The SMILES string of the molecule is CCCC(=O)Nc1cccc(NC(=O)CNc2ccc(C(=O)N3CCCCCC3)cc2)c1. The normalized spacial score (nSPS) is 13.7. The molecule has 2 aromatic carbocycles. The summed E-state index contributed by atoms with van der Waals surface area (Å²) >= 11 is 0. The van der Waals surface area contributed by atoms with E-state index in [9.17, 15) is 14.4 Å². The summed E-state index contributed by atoms with van der Waals surface area (Å²) in [6.07, 6.45) is 5.74. The molecule has 3 rings (SSSR count). The minimum absolute atomic E-state index is 0.0459. The van der Waals surface area contributed by atoms with Crippen LogP contribution in [0.5, 0.6) is 0 Å². The van der Waals surface area contributed by atoms with E-state index in [2.05, 4.69) is 16.0 Å². The van der Waals surface area contributed by atoms with Crippen molar-refractivity contribution in [2.45, 2.75) is 45.4 Å². The molecule has 1 aliphatic rings. The Morgan fingerprint density at radius 1 is 0.812 bits per heavy atom. The van der Waals surface area contributed by atoms with Gasteiger partial charge in [-0.1, -0.05) is 25.8 Å². The molecule has 0 spiro atoms. The van der Waals surface area contributed by atoms with Gasteiger partial charge in [0.05, 0.1) is 6.54 Å². The molecule has 7 heteroatoms. The zero-order valence-corrected chi connectivity index (χ0v) is 18.7. The Balaban J connectivity index is 1.48. The summed E-state index contributed by atoms with van der Waals surface area (Å²) < 4.78 is 0. The van der Waals surface area contributed by atoms with Gasteiger partial charge in [0.15, 0.2) is 0 Å². The lowest BCUT2D eigenvalue weighted by molar-refractivity contribution is -0.116. The maximum atomic E-state index is 12.7. The number of likely N-dealkylation sites (tertiary alicyclic amines) is 1. The standard InChI is InChI=1S/C25H32N4O3/c1-2-8-23(30)27-21-9-7-10-22(17-21)28-24(31)18-26-20-13-11-19(12-14-20)25(32)29-15-5-3-4-6-16-29/h7,9-14,17,26H,2-6,8,15-16,18H2,1H3,(H,27,30)(H,28,31). The monoisotopic (exact) mass is 436 g/mol. The van der Waals surface area contributed by atoms with Crippen molar-refractivity contribution in [3.63, 3.8) is 0 Å². The van der Waals surface area contributed by atoms with Gasteiger partial charge in [0.2, 0.25) is 11.8 Å². The van der Waals surface area contributed by atoms with Crippen LogP contribution in [0, 0.1) is 0 Å². The average Bonchev–Trinajstić information content (AvgIpc) is 3.08. The van der Waals surface area contributed by atoms with Gasteiger partial charge in [0.1, 0.15) is 0 Å². The van der Waals surface area contributed by atoms with Crippen LogP contribution in [0.3, 0.4) is 0 Å². The Morgan fingerprint density at radius 2 is 1.44 bits per heavy atom. The summed E-state index contributed by atoms with van der Waals surface area (Å²) in [5, 5.41) is 8.72. The Hall–Kier alpha value is -3.35. The van der Waals surface area contributed by atoms with Crippen molar-refractivity contribution in [3.05, 3.63) is 54.1 Å². The van der Waals surface area contributed by atoms with E-state index in [0.717, 1.165) is 38.0 Å². The minimum atomic E-state index is -0.202. The Bertz CT molecular complexity index is 919. The molecule has 0 saturated carbocycles. The van der Waals surface area contributed by atoms with Gasteiger partial charge in [0.25, 0.3) is 5.91 Å². The van der Waals surface area contributed by atoms with E-state index in [0.29, 0.717) is 23.4 Å². The van der Waals surface area contributed by atoms with Crippen molar-refractivity contribution < 1.29 is 14.4 Å². The van der Waals surface area contributed by atoms with Crippen molar-refractivity contribution in [2.24, 2.45) is 0 Å². The maximum absolute atomic E-state index is 12.7. The maximum Gasteiger partial charge on any atom is 0.253 e. The van der Waals surface area contributed by atoms with Crippen LogP contribution in [0.25, 0.3) is 0 Å². The second-order valence-corrected chi connectivity index (χ2v) is 8.06. The van der Waals surface area contributed by atoms with Gasteiger partial charge >= 0.3 is 0 Å². The van der Waals surface area contributed by atoms with Crippen LogP contribution >= 0.6 is 0 Å². The molecule has 1 fully saturated rings. The van der Waals surface area contributed by atoms with E-state index < -0.39 is 0 Å². The second-order valence-electron chi connectivity index (χ2n) is 8.06. The van der Waals surface area contributed by atoms with Gasteiger partial charge in [-0.2, -0.15) is 0 Å². The molecule has 1 aliphatic heterocycles. The first-order valence-corrected chi connectivity index (χ1v) is 11.4. The summed E-state index contributed by atoms with van der Waals surface area (Å²) in [6.45, 7) is 3.68. The number of nitrogens with one attached hydrogen (secondary N) is 3. The summed E-state index contributed by atoms with van der Waals surface area (Å²) in [5.41, 5.74) is 2.71. The van der Waals surface area contributed by atoms with Crippen LogP contribution < -0.4 is 16.0 Å². The summed E-state index contributed by atoms with van der Waals surface area (Å²) in [5.74, 6) is -0.177. The molecule has 0 aliphatic carbocycles. The molecule has 1 saturated heterocycles. The Morgan fingerprint density at radius 3 is 2.06 bits per heavy atom. The Kier molecular flexibility index (Phi) is 8.66. The predicted octanol–water partition coefficient (Wildman–Crippen LogP) is 4.49. The molecule has 3 amide bonds. The second kappa shape index (κ2) is 11.9. The molecular weight excluding hydrogens is 404 g/mol.